The van der Waals surface area contributed by atoms with Crippen molar-refractivity contribution >= 4 is 37.4 Å². The summed E-state index contributed by atoms with van der Waals surface area (Å²) in [5.41, 5.74) is 1.16. The second-order valence-corrected chi connectivity index (χ2v) is 13.6. The normalized spacial score (nSPS) is 13.6. The van der Waals surface area contributed by atoms with Crippen LogP contribution < -0.4 is 26.0 Å². The van der Waals surface area contributed by atoms with Gasteiger partial charge in [-0.25, -0.2) is 0 Å². The summed E-state index contributed by atoms with van der Waals surface area (Å²) in [5, 5.41) is 4.88. The number of nitrogens with zero attached hydrogens (tertiary/aromatic N) is 1. The molecule has 202 valence electrons. The van der Waals surface area contributed by atoms with E-state index >= 15 is 0 Å². The largest absolute Gasteiger partial charge is 0.496 e. The van der Waals surface area contributed by atoms with Crippen molar-refractivity contribution in [1.82, 2.24) is 4.67 Å². The molecule has 5 aromatic carbocycles. The Morgan fingerprint density at radius 2 is 1.02 bits per heavy atom. The van der Waals surface area contributed by atoms with Crippen molar-refractivity contribution in [3.63, 3.8) is 0 Å². The molecular weight excluding hydrogens is 528 g/mol. The van der Waals surface area contributed by atoms with Crippen LogP contribution in [0, 0.1) is 0 Å². The molecule has 0 aliphatic heterocycles. The second kappa shape index (κ2) is 13.8. The lowest BCUT2D eigenvalue weighted by Crippen LogP contribution is -2.37. The molecule has 0 spiro atoms. The van der Waals surface area contributed by atoms with E-state index in [1.54, 1.807) is 7.11 Å². The third-order valence-electron chi connectivity index (χ3n) is 6.99. The van der Waals surface area contributed by atoms with E-state index in [1.807, 2.05) is 12.1 Å². The summed E-state index contributed by atoms with van der Waals surface area (Å²) in [7, 11) is 2.02. The van der Waals surface area contributed by atoms with Gasteiger partial charge in [0.2, 0.25) is 0 Å². The van der Waals surface area contributed by atoms with E-state index in [1.165, 1.54) is 10.6 Å². The average Bonchev–Trinajstić information content (AvgIpc) is 3.03. The van der Waals surface area contributed by atoms with E-state index < -0.39 is 16.2 Å². The van der Waals surface area contributed by atoms with Crippen LogP contribution >= 0.6 is 16.2 Å². The predicted octanol–water partition coefficient (Wildman–Crippen LogP) is 7.17. The first-order valence-corrected chi connectivity index (χ1v) is 16.1. The summed E-state index contributed by atoms with van der Waals surface area (Å²) >= 11 is 0. The zero-order valence-corrected chi connectivity index (χ0v) is 25.0. The third-order valence-corrected chi connectivity index (χ3v) is 11.6. The molecule has 0 N–H and O–H groups in total. The minimum absolute atomic E-state index is 0.0670. The molecule has 0 fully saturated rings. The SMILES string of the molecule is COc1ccccc1[P@@](O[C@@H](c1ccccc1)[C@@H](C)N(C)P(c1ccccc1)c1ccccc1)c1ccccc1. The van der Waals surface area contributed by atoms with Gasteiger partial charge in [-0.05, 0) is 42.3 Å². The van der Waals surface area contributed by atoms with Gasteiger partial charge in [-0.1, -0.05) is 133 Å². The van der Waals surface area contributed by atoms with Crippen LogP contribution in [0.25, 0.3) is 0 Å². The molecule has 5 rings (SSSR count). The van der Waals surface area contributed by atoms with Gasteiger partial charge in [0.25, 0.3) is 0 Å². The Bertz CT molecular complexity index is 1410. The van der Waals surface area contributed by atoms with Crippen LogP contribution in [-0.2, 0) is 4.52 Å². The number of rotatable bonds is 11. The van der Waals surface area contributed by atoms with Crippen molar-refractivity contribution in [3.8, 4) is 5.75 Å². The van der Waals surface area contributed by atoms with Crippen LogP contribution in [0.2, 0.25) is 0 Å². The summed E-state index contributed by atoms with van der Waals surface area (Å²) < 4.78 is 15.6. The molecule has 0 bridgehead atoms. The first-order valence-electron chi connectivity index (χ1n) is 13.5. The molecule has 0 amide bonds. The topological polar surface area (TPSA) is 21.7 Å². The highest BCUT2D eigenvalue weighted by Gasteiger charge is 2.33. The van der Waals surface area contributed by atoms with Crippen molar-refractivity contribution in [1.29, 1.82) is 0 Å². The minimum atomic E-state index is -1.17. The summed E-state index contributed by atoms with van der Waals surface area (Å²) in [5.74, 6) is 0.848. The van der Waals surface area contributed by atoms with Gasteiger partial charge in [-0.15, -0.1) is 0 Å². The van der Waals surface area contributed by atoms with Gasteiger partial charge in [0, 0.05) is 24.7 Å². The van der Waals surface area contributed by atoms with E-state index in [4.69, 9.17) is 9.26 Å². The molecule has 3 atom stereocenters. The Balaban J connectivity index is 1.58. The second-order valence-electron chi connectivity index (χ2n) is 9.54. The summed E-state index contributed by atoms with van der Waals surface area (Å²) in [6.45, 7) is 2.29. The maximum atomic E-state index is 7.31. The monoisotopic (exact) mass is 563 g/mol. The van der Waals surface area contributed by atoms with Gasteiger partial charge in [-0.3, -0.25) is 4.67 Å². The first-order chi connectivity index (χ1) is 19.7. The van der Waals surface area contributed by atoms with Gasteiger partial charge >= 0.3 is 0 Å². The maximum Gasteiger partial charge on any atom is 0.129 e. The zero-order valence-electron chi connectivity index (χ0n) is 23.2. The Morgan fingerprint density at radius 1 is 0.575 bits per heavy atom. The van der Waals surface area contributed by atoms with Crippen LogP contribution in [0.5, 0.6) is 5.75 Å². The van der Waals surface area contributed by atoms with Crippen LogP contribution in [0.1, 0.15) is 18.6 Å². The predicted molar refractivity (Wildman–Crippen MR) is 172 cm³/mol. The lowest BCUT2D eigenvalue weighted by atomic mass is 10.0. The highest BCUT2D eigenvalue weighted by atomic mass is 31.1. The third kappa shape index (κ3) is 6.52. The van der Waals surface area contributed by atoms with Crippen molar-refractivity contribution < 1.29 is 9.26 Å². The fourth-order valence-electron chi connectivity index (χ4n) is 4.83. The Hall–Kier alpha value is -3.32. The molecule has 0 radical (unpaired) electrons. The van der Waals surface area contributed by atoms with Crippen LogP contribution in [-0.4, -0.2) is 24.9 Å². The van der Waals surface area contributed by atoms with Crippen LogP contribution in [0.15, 0.2) is 146 Å². The molecule has 40 heavy (non-hydrogen) atoms. The van der Waals surface area contributed by atoms with E-state index in [0.29, 0.717) is 0 Å². The number of benzene rings is 5. The highest BCUT2D eigenvalue weighted by molar-refractivity contribution is 7.70. The molecule has 0 saturated heterocycles. The van der Waals surface area contributed by atoms with Gasteiger partial charge in [0.05, 0.1) is 15.3 Å². The van der Waals surface area contributed by atoms with Crippen molar-refractivity contribution in [3.05, 3.63) is 151 Å². The molecule has 0 aliphatic rings. The van der Waals surface area contributed by atoms with Crippen molar-refractivity contribution in [2.24, 2.45) is 0 Å². The lowest BCUT2D eigenvalue weighted by molar-refractivity contribution is 0.154. The quantitative estimate of drug-likeness (QED) is 0.159. The molecule has 3 nitrogen and oxygen atoms in total. The van der Waals surface area contributed by atoms with Gasteiger partial charge < -0.3 is 9.26 Å². The van der Waals surface area contributed by atoms with Gasteiger partial charge in [-0.2, -0.15) is 0 Å². The first kappa shape index (κ1) is 28.2. The highest BCUT2D eigenvalue weighted by Crippen LogP contribution is 2.48. The molecule has 0 heterocycles. The maximum absolute atomic E-state index is 7.31. The summed E-state index contributed by atoms with van der Waals surface area (Å²) in [4.78, 5) is 0. The molecular formula is C35H35NO2P2. The smallest absolute Gasteiger partial charge is 0.129 e. The molecule has 5 aromatic rings. The summed E-state index contributed by atoms with van der Waals surface area (Å²) in [6.07, 6.45) is -0.181. The van der Waals surface area contributed by atoms with E-state index in [-0.39, 0.29) is 12.1 Å². The van der Waals surface area contributed by atoms with Crippen molar-refractivity contribution in [2.75, 3.05) is 14.2 Å². The standard InChI is InChI=1S/C35H35NO2P2/c1-28(36(2)39(30-20-10-5-11-21-30)31-22-12-6-13-23-31)35(29-18-8-4-9-19-29)38-40(32-24-14-7-15-25-32)34-27-17-16-26-33(34)37-3/h4-28,35H,1-3H3/t28-,35-,40+/m1/s1. The molecule has 0 saturated carbocycles. The van der Waals surface area contributed by atoms with E-state index in [2.05, 4.69) is 152 Å². The molecule has 0 aromatic heterocycles. The zero-order chi connectivity index (χ0) is 27.7. The number of para-hydroxylation sites is 1. The van der Waals surface area contributed by atoms with Gasteiger partial charge in [0.15, 0.2) is 0 Å². The van der Waals surface area contributed by atoms with E-state index in [0.717, 1.165) is 21.9 Å². The summed E-state index contributed by atoms with van der Waals surface area (Å²) in [6, 6.07) is 51.1. The van der Waals surface area contributed by atoms with Gasteiger partial charge in [0.1, 0.15) is 11.9 Å². The number of hydrogen-bond acceptors (Lipinski definition) is 3. The Kier molecular flexibility index (Phi) is 9.76. The number of likely N-dealkylation sites (N-methyl/N-ethyl adjacent to an activating group) is 1. The Labute approximate surface area is 241 Å². The molecule has 0 aliphatic carbocycles. The lowest BCUT2D eigenvalue weighted by Gasteiger charge is -2.39. The molecule has 5 heteroatoms. The fourth-order valence-corrected chi connectivity index (χ4v) is 9.32. The number of ether oxygens (including phenoxy) is 1. The number of methoxy groups -OCH3 is 1. The number of hydrogen-bond donors (Lipinski definition) is 0. The molecule has 0 unspecified atom stereocenters. The van der Waals surface area contributed by atoms with Crippen molar-refractivity contribution in [2.45, 2.75) is 19.1 Å². The van der Waals surface area contributed by atoms with Crippen LogP contribution in [0.3, 0.4) is 0 Å². The average molecular weight is 564 g/mol. The fraction of sp³-hybridized carbons (Fsp3) is 0.143. The minimum Gasteiger partial charge on any atom is -0.496 e. The Morgan fingerprint density at radius 3 is 1.55 bits per heavy atom. The van der Waals surface area contributed by atoms with Crippen LogP contribution in [0.4, 0.5) is 0 Å². The van der Waals surface area contributed by atoms with E-state index in [9.17, 15) is 0 Å².